The third-order valence-electron chi connectivity index (χ3n) is 3.63. The van der Waals surface area contributed by atoms with E-state index in [9.17, 15) is 4.79 Å². The molecule has 3 nitrogen and oxygen atoms in total. The fourth-order valence-corrected chi connectivity index (χ4v) is 2.89. The van der Waals surface area contributed by atoms with Gasteiger partial charge >= 0.3 is 0 Å². The Kier molecular flexibility index (Phi) is 6.54. The van der Waals surface area contributed by atoms with Crippen LogP contribution >= 0.6 is 15.9 Å². The smallest absolute Gasteiger partial charge is 0.224 e. The molecule has 0 spiro atoms. The molecule has 1 aromatic carbocycles. The van der Waals surface area contributed by atoms with Gasteiger partial charge in [-0.1, -0.05) is 28.1 Å². The number of rotatable bonds is 7. The summed E-state index contributed by atoms with van der Waals surface area (Å²) in [6.07, 6.45) is 5.22. The van der Waals surface area contributed by atoms with Crippen LogP contribution < -0.4 is 5.32 Å². The van der Waals surface area contributed by atoms with Gasteiger partial charge in [0.1, 0.15) is 0 Å². The highest BCUT2D eigenvalue weighted by Crippen LogP contribution is 2.15. The second-order valence-corrected chi connectivity index (χ2v) is 6.17. The van der Waals surface area contributed by atoms with Crippen LogP contribution in [0.25, 0.3) is 0 Å². The van der Waals surface area contributed by atoms with Gasteiger partial charge in [0.15, 0.2) is 0 Å². The van der Waals surface area contributed by atoms with Crippen molar-refractivity contribution in [2.75, 3.05) is 23.7 Å². The SMILES string of the molecule is O=C(CCCCBr)Nc1ccc(CN2CCCC2)cc1. The molecule has 2 rings (SSSR count). The van der Waals surface area contributed by atoms with E-state index < -0.39 is 0 Å². The molecule has 1 amide bonds. The summed E-state index contributed by atoms with van der Waals surface area (Å²) in [5.41, 5.74) is 2.23. The van der Waals surface area contributed by atoms with Crippen LogP contribution in [0.4, 0.5) is 5.69 Å². The molecule has 1 aliphatic rings. The molecule has 20 heavy (non-hydrogen) atoms. The van der Waals surface area contributed by atoms with Gasteiger partial charge in [0, 0.05) is 24.0 Å². The first-order chi connectivity index (χ1) is 9.78. The largest absolute Gasteiger partial charge is 0.326 e. The minimum Gasteiger partial charge on any atom is -0.326 e. The number of carbonyl (C=O) groups excluding carboxylic acids is 1. The summed E-state index contributed by atoms with van der Waals surface area (Å²) in [5.74, 6) is 0.109. The number of benzene rings is 1. The van der Waals surface area contributed by atoms with Crippen LogP contribution in [0.15, 0.2) is 24.3 Å². The van der Waals surface area contributed by atoms with Gasteiger partial charge < -0.3 is 5.32 Å². The topological polar surface area (TPSA) is 32.3 Å². The van der Waals surface area contributed by atoms with E-state index in [1.165, 1.54) is 31.5 Å². The van der Waals surface area contributed by atoms with Crippen molar-refractivity contribution in [1.29, 1.82) is 0 Å². The molecule has 1 aromatic rings. The normalized spacial score (nSPS) is 15.4. The number of unbranched alkanes of at least 4 members (excludes halogenated alkanes) is 1. The first-order valence-corrected chi connectivity index (χ1v) is 8.57. The number of amides is 1. The molecule has 0 bridgehead atoms. The van der Waals surface area contributed by atoms with Crippen molar-refractivity contribution in [2.45, 2.75) is 38.6 Å². The molecule has 1 saturated heterocycles. The van der Waals surface area contributed by atoms with Gasteiger partial charge in [-0.05, 0) is 56.5 Å². The minimum atomic E-state index is 0.109. The summed E-state index contributed by atoms with van der Waals surface area (Å²) in [4.78, 5) is 14.2. The number of likely N-dealkylation sites (tertiary alicyclic amines) is 1. The van der Waals surface area contributed by atoms with Crippen LogP contribution in [0.5, 0.6) is 0 Å². The highest BCUT2D eigenvalue weighted by Gasteiger charge is 2.11. The van der Waals surface area contributed by atoms with Gasteiger partial charge in [0.05, 0.1) is 0 Å². The molecular weight excluding hydrogens is 316 g/mol. The molecule has 0 atom stereocenters. The number of halogens is 1. The number of carbonyl (C=O) groups is 1. The molecule has 1 N–H and O–H groups in total. The summed E-state index contributed by atoms with van der Waals surface area (Å²) in [6.45, 7) is 3.46. The van der Waals surface area contributed by atoms with E-state index in [0.717, 1.165) is 30.4 Å². The zero-order valence-electron chi connectivity index (χ0n) is 11.9. The maximum absolute atomic E-state index is 11.7. The maximum Gasteiger partial charge on any atom is 0.224 e. The lowest BCUT2D eigenvalue weighted by Gasteiger charge is -2.14. The third-order valence-corrected chi connectivity index (χ3v) is 4.19. The van der Waals surface area contributed by atoms with Crippen molar-refractivity contribution in [3.63, 3.8) is 0 Å². The van der Waals surface area contributed by atoms with E-state index in [-0.39, 0.29) is 5.91 Å². The summed E-state index contributed by atoms with van der Waals surface area (Å²) >= 11 is 3.37. The molecule has 0 aliphatic carbocycles. The second-order valence-electron chi connectivity index (χ2n) is 5.37. The average Bonchev–Trinajstić information content (AvgIpc) is 2.94. The summed E-state index contributed by atoms with van der Waals surface area (Å²) in [7, 11) is 0. The van der Waals surface area contributed by atoms with Crippen LogP contribution in [0.2, 0.25) is 0 Å². The van der Waals surface area contributed by atoms with Gasteiger partial charge in [-0.3, -0.25) is 9.69 Å². The lowest BCUT2D eigenvalue weighted by atomic mass is 10.2. The van der Waals surface area contributed by atoms with Gasteiger partial charge in [-0.15, -0.1) is 0 Å². The lowest BCUT2D eigenvalue weighted by molar-refractivity contribution is -0.116. The van der Waals surface area contributed by atoms with E-state index in [2.05, 4.69) is 38.3 Å². The highest BCUT2D eigenvalue weighted by atomic mass is 79.9. The highest BCUT2D eigenvalue weighted by molar-refractivity contribution is 9.09. The molecule has 1 heterocycles. The van der Waals surface area contributed by atoms with Gasteiger partial charge in [0.2, 0.25) is 5.91 Å². The van der Waals surface area contributed by atoms with Gasteiger partial charge in [-0.2, -0.15) is 0 Å². The third kappa shape index (κ3) is 5.25. The first-order valence-electron chi connectivity index (χ1n) is 7.45. The van der Waals surface area contributed by atoms with Crippen LogP contribution in [-0.4, -0.2) is 29.2 Å². The van der Waals surface area contributed by atoms with Gasteiger partial charge in [0.25, 0.3) is 0 Å². The van der Waals surface area contributed by atoms with Crippen molar-refractivity contribution in [3.8, 4) is 0 Å². The monoisotopic (exact) mass is 338 g/mol. The zero-order valence-corrected chi connectivity index (χ0v) is 13.5. The van der Waals surface area contributed by atoms with Crippen LogP contribution in [0.3, 0.4) is 0 Å². The Morgan fingerprint density at radius 2 is 1.85 bits per heavy atom. The maximum atomic E-state index is 11.7. The van der Waals surface area contributed by atoms with E-state index in [1.54, 1.807) is 0 Å². The number of hydrogen-bond donors (Lipinski definition) is 1. The van der Waals surface area contributed by atoms with Crippen molar-refractivity contribution >= 4 is 27.5 Å². The molecule has 1 aliphatic heterocycles. The Bertz CT molecular complexity index is 413. The predicted octanol–water partition coefficient (Wildman–Crippen LogP) is 3.79. The number of nitrogens with one attached hydrogen (secondary N) is 1. The Hall–Kier alpha value is -0.870. The summed E-state index contributed by atoms with van der Waals surface area (Å²) in [5, 5.41) is 3.92. The Balaban J connectivity index is 1.77. The summed E-state index contributed by atoms with van der Waals surface area (Å²) in [6, 6.07) is 8.25. The van der Waals surface area contributed by atoms with Crippen LogP contribution in [0, 0.1) is 0 Å². The van der Waals surface area contributed by atoms with Gasteiger partial charge in [-0.25, -0.2) is 0 Å². The van der Waals surface area contributed by atoms with E-state index in [1.807, 2.05) is 12.1 Å². The van der Waals surface area contributed by atoms with E-state index in [4.69, 9.17) is 0 Å². The number of hydrogen-bond acceptors (Lipinski definition) is 2. The fourth-order valence-electron chi connectivity index (χ4n) is 2.50. The molecule has 0 radical (unpaired) electrons. The fraction of sp³-hybridized carbons (Fsp3) is 0.562. The molecule has 110 valence electrons. The number of nitrogens with zero attached hydrogens (tertiary/aromatic N) is 1. The van der Waals surface area contributed by atoms with Crippen molar-refractivity contribution in [3.05, 3.63) is 29.8 Å². The van der Waals surface area contributed by atoms with Crippen LogP contribution in [0.1, 0.15) is 37.7 Å². The summed E-state index contributed by atoms with van der Waals surface area (Å²) < 4.78 is 0. The van der Waals surface area contributed by atoms with Crippen LogP contribution in [-0.2, 0) is 11.3 Å². The molecule has 4 heteroatoms. The first kappa shape index (κ1) is 15.5. The quantitative estimate of drug-likeness (QED) is 0.606. The van der Waals surface area contributed by atoms with E-state index >= 15 is 0 Å². The van der Waals surface area contributed by atoms with Crippen molar-refractivity contribution in [2.24, 2.45) is 0 Å². The Labute approximate surface area is 129 Å². The number of anilines is 1. The average molecular weight is 339 g/mol. The molecule has 0 unspecified atom stereocenters. The Morgan fingerprint density at radius 3 is 2.50 bits per heavy atom. The molecule has 0 saturated carbocycles. The second kappa shape index (κ2) is 8.42. The standard InChI is InChI=1S/C16H23BrN2O/c17-10-2-1-5-16(20)18-15-8-6-14(7-9-15)13-19-11-3-4-12-19/h6-9H,1-5,10-13H2,(H,18,20). The minimum absolute atomic E-state index is 0.109. The predicted molar refractivity (Wildman–Crippen MR) is 87.2 cm³/mol. The van der Waals surface area contributed by atoms with E-state index in [0.29, 0.717) is 6.42 Å². The molecular formula is C16H23BrN2O. The van der Waals surface area contributed by atoms with Crippen molar-refractivity contribution < 1.29 is 4.79 Å². The van der Waals surface area contributed by atoms with Crippen molar-refractivity contribution in [1.82, 2.24) is 4.90 Å². The lowest BCUT2D eigenvalue weighted by Crippen LogP contribution is -2.18. The molecule has 1 fully saturated rings. The molecule has 0 aromatic heterocycles. The number of alkyl halides is 1. The zero-order chi connectivity index (χ0) is 14.2. The Morgan fingerprint density at radius 1 is 1.15 bits per heavy atom.